The summed E-state index contributed by atoms with van der Waals surface area (Å²) in [4.78, 5) is 8.78. The molecule has 0 atom stereocenters. The Bertz CT molecular complexity index is 558. The van der Waals surface area contributed by atoms with Gasteiger partial charge in [0.25, 0.3) is 0 Å². The lowest BCUT2D eigenvalue weighted by Gasteiger charge is -2.09. The molecular weight excluding hydrogens is 318 g/mol. The number of ether oxygens (including phenoxy) is 1. The van der Waals surface area contributed by atoms with Crippen molar-refractivity contribution in [2.24, 2.45) is 0 Å². The summed E-state index contributed by atoms with van der Waals surface area (Å²) in [7, 11) is 0. The van der Waals surface area contributed by atoms with Crippen LogP contribution in [0, 0.1) is 0 Å². The first-order chi connectivity index (χ1) is 9.71. The van der Waals surface area contributed by atoms with Crippen molar-refractivity contribution in [1.82, 2.24) is 9.97 Å². The summed E-state index contributed by atoms with van der Waals surface area (Å²) < 4.78 is 6.82. The van der Waals surface area contributed by atoms with Gasteiger partial charge in [-0.2, -0.15) is 4.98 Å². The molecule has 0 saturated heterocycles. The van der Waals surface area contributed by atoms with Gasteiger partial charge in [-0.05, 0) is 24.6 Å². The van der Waals surface area contributed by atoms with E-state index in [0.29, 0.717) is 12.5 Å². The van der Waals surface area contributed by atoms with Gasteiger partial charge in [0.2, 0.25) is 5.88 Å². The number of aromatic nitrogens is 2. The molecule has 4 nitrogen and oxygen atoms in total. The van der Waals surface area contributed by atoms with Gasteiger partial charge in [-0.3, -0.25) is 0 Å². The monoisotopic (exact) mass is 335 g/mol. The van der Waals surface area contributed by atoms with Gasteiger partial charge in [-0.25, -0.2) is 4.98 Å². The lowest BCUT2D eigenvalue weighted by atomic mass is 10.2. The highest BCUT2D eigenvalue weighted by atomic mass is 79.9. The van der Waals surface area contributed by atoms with Crippen LogP contribution in [-0.2, 0) is 13.0 Å². The van der Waals surface area contributed by atoms with Gasteiger partial charge in [0.15, 0.2) is 0 Å². The Balaban J connectivity index is 2.07. The number of nitrogens with zero attached hydrogens (tertiary/aromatic N) is 2. The van der Waals surface area contributed by atoms with Crippen molar-refractivity contribution in [2.75, 3.05) is 11.9 Å². The van der Waals surface area contributed by atoms with E-state index in [9.17, 15) is 0 Å². The third-order valence-corrected chi connectivity index (χ3v) is 3.25. The van der Waals surface area contributed by atoms with Gasteiger partial charge in [0.05, 0.1) is 0 Å². The Morgan fingerprint density at radius 2 is 1.90 bits per heavy atom. The van der Waals surface area contributed by atoms with Gasteiger partial charge < -0.3 is 10.1 Å². The van der Waals surface area contributed by atoms with E-state index >= 15 is 0 Å². The molecule has 0 spiro atoms. The lowest BCUT2D eigenvalue weighted by Crippen LogP contribution is -2.05. The molecule has 1 aromatic carbocycles. The first-order valence-corrected chi connectivity index (χ1v) is 7.49. The predicted octanol–water partition coefficient (Wildman–Crippen LogP) is 3.81. The maximum Gasteiger partial charge on any atom is 0.219 e. The molecule has 0 aliphatic heterocycles. The van der Waals surface area contributed by atoms with Crippen molar-refractivity contribution < 1.29 is 4.74 Å². The molecule has 1 aromatic heterocycles. The summed E-state index contributed by atoms with van der Waals surface area (Å²) in [5.41, 5.74) is 1.11. The quantitative estimate of drug-likeness (QED) is 0.871. The molecule has 0 unspecified atom stereocenters. The number of hydrogen-bond acceptors (Lipinski definition) is 4. The zero-order valence-corrected chi connectivity index (χ0v) is 13.3. The standard InChI is InChI=1S/C15H18BrN3O/c1-3-13-18-14(17-4-2)9-15(19-13)20-10-11-5-7-12(16)8-6-11/h5-9H,3-4,10H2,1-2H3,(H,17,18,19). The summed E-state index contributed by atoms with van der Waals surface area (Å²) in [6.07, 6.45) is 0.786. The normalized spacial score (nSPS) is 10.3. The second-order valence-electron chi connectivity index (χ2n) is 4.31. The molecule has 0 radical (unpaired) electrons. The second kappa shape index (κ2) is 7.24. The predicted molar refractivity (Wildman–Crippen MR) is 84.0 cm³/mol. The van der Waals surface area contributed by atoms with Crippen LogP contribution < -0.4 is 10.1 Å². The van der Waals surface area contributed by atoms with Crippen LogP contribution in [0.5, 0.6) is 5.88 Å². The van der Waals surface area contributed by atoms with Crippen LogP contribution in [0.25, 0.3) is 0 Å². The summed E-state index contributed by atoms with van der Waals surface area (Å²) in [5.74, 6) is 2.20. The lowest BCUT2D eigenvalue weighted by molar-refractivity contribution is 0.292. The number of rotatable bonds is 6. The van der Waals surface area contributed by atoms with Crippen molar-refractivity contribution >= 4 is 21.7 Å². The van der Waals surface area contributed by atoms with E-state index in [4.69, 9.17) is 4.74 Å². The van der Waals surface area contributed by atoms with Crippen molar-refractivity contribution in [1.29, 1.82) is 0 Å². The zero-order valence-electron chi connectivity index (χ0n) is 11.7. The Morgan fingerprint density at radius 1 is 1.15 bits per heavy atom. The second-order valence-corrected chi connectivity index (χ2v) is 5.22. The van der Waals surface area contributed by atoms with E-state index in [-0.39, 0.29) is 0 Å². The number of hydrogen-bond donors (Lipinski definition) is 1. The van der Waals surface area contributed by atoms with Gasteiger partial charge in [-0.1, -0.05) is 35.0 Å². The molecular formula is C15H18BrN3O. The average Bonchev–Trinajstić information content (AvgIpc) is 2.47. The highest BCUT2D eigenvalue weighted by Gasteiger charge is 2.04. The maximum atomic E-state index is 5.75. The average molecular weight is 336 g/mol. The van der Waals surface area contributed by atoms with Crippen LogP contribution in [0.2, 0.25) is 0 Å². The highest BCUT2D eigenvalue weighted by molar-refractivity contribution is 9.10. The van der Waals surface area contributed by atoms with E-state index in [1.807, 2.05) is 44.2 Å². The molecule has 20 heavy (non-hydrogen) atoms. The minimum atomic E-state index is 0.499. The molecule has 0 bridgehead atoms. The van der Waals surface area contributed by atoms with E-state index in [2.05, 4.69) is 31.2 Å². The Morgan fingerprint density at radius 3 is 2.55 bits per heavy atom. The number of aryl methyl sites for hydroxylation is 1. The zero-order chi connectivity index (χ0) is 14.4. The molecule has 0 amide bonds. The summed E-state index contributed by atoms with van der Waals surface area (Å²) in [5, 5.41) is 3.19. The summed E-state index contributed by atoms with van der Waals surface area (Å²) >= 11 is 3.42. The van der Waals surface area contributed by atoms with E-state index in [1.165, 1.54) is 0 Å². The molecule has 2 rings (SSSR count). The Labute approximate surface area is 127 Å². The van der Waals surface area contributed by atoms with Crippen molar-refractivity contribution in [3.05, 3.63) is 46.2 Å². The summed E-state index contributed by atoms with van der Waals surface area (Å²) in [6, 6.07) is 9.89. The molecule has 0 fully saturated rings. The summed E-state index contributed by atoms with van der Waals surface area (Å²) in [6.45, 7) is 5.39. The topological polar surface area (TPSA) is 47.0 Å². The van der Waals surface area contributed by atoms with Crippen LogP contribution in [0.1, 0.15) is 25.2 Å². The highest BCUT2D eigenvalue weighted by Crippen LogP contribution is 2.16. The van der Waals surface area contributed by atoms with Crippen molar-refractivity contribution in [3.8, 4) is 5.88 Å². The minimum absolute atomic E-state index is 0.499. The maximum absolute atomic E-state index is 5.75. The van der Waals surface area contributed by atoms with E-state index in [0.717, 1.165) is 34.6 Å². The minimum Gasteiger partial charge on any atom is -0.473 e. The molecule has 1 N–H and O–H groups in total. The van der Waals surface area contributed by atoms with Crippen LogP contribution in [0.3, 0.4) is 0 Å². The van der Waals surface area contributed by atoms with Crippen molar-refractivity contribution in [3.63, 3.8) is 0 Å². The Hall–Kier alpha value is -1.62. The largest absolute Gasteiger partial charge is 0.473 e. The van der Waals surface area contributed by atoms with Crippen LogP contribution in [0.15, 0.2) is 34.8 Å². The molecule has 0 aliphatic rings. The number of nitrogens with one attached hydrogen (secondary N) is 1. The fraction of sp³-hybridized carbons (Fsp3) is 0.333. The number of anilines is 1. The SMILES string of the molecule is CCNc1cc(OCc2ccc(Br)cc2)nc(CC)n1. The van der Waals surface area contributed by atoms with Gasteiger partial charge in [-0.15, -0.1) is 0 Å². The molecule has 1 heterocycles. The van der Waals surface area contributed by atoms with Crippen LogP contribution in [-0.4, -0.2) is 16.5 Å². The fourth-order valence-corrected chi connectivity index (χ4v) is 1.98. The fourth-order valence-electron chi connectivity index (χ4n) is 1.71. The molecule has 0 saturated carbocycles. The van der Waals surface area contributed by atoms with Gasteiger partial charge in [0, 0.05) is 23.5 Å². The van der Waals surface area contributed by atoms with Crippen LogP contribution in [0.4, 0.5) is 5.82 Å². The first kappa shape index (κ1) is 14.8. The van der Waals surface area contributed by atoms with Crippen LogP contribution >= 0.6 is 15.9 Å². The molecule has 2 aromatic rings. The first-order valence-electron chi connectivity index (χ1n) is 6.70. The molecule has 5 heteroatoms. The third-order valence-electron chi connectivity index (χ3n) is 2.72. The number of benzene rings is 1. The van der Waals surface area contributed by atoms with E-state index in [1.54, 1.807) is 0 Å². The Kier molecular flexibility index (Phi) is 5.35. The van der Waals surface area contributed by atoms with E-state index < -0.39 is 0 Å². The third kappa shape index (κ3) is 4.20. The van der Waals surface area contributed by atoms with Gasteiger partial charge >= 0.3 is 0 Å². The number of halogens is 1. The molecule has 106 valence electrons. The smallest absolute Gasteiger partial charge is 0.219 e. The van der Waals surface area contributed by atoms with Crippen molar-refractivity contribution in [2.45, 2.75) is 26.9 Å². The van der Waals surface area contributed by atoms with Gasteiger partial charge in [0.1, 0.15) is 18.2 Å². The molecule has 0 aliphatic carbocycles.